The van der Waals surface area contributed by atoms with Gasteiger partial charge in [0.05, 0.1) is 33.2 Å². The first-order chi connectivity index (χ1) is 15.0. The van der Waals surface area contributed by atoms with Crippen LogP contribution < -0.4 is 10.1 Å². The largest absolute Gasteiger partial charge is 0.497 e. The van der Waals surface area contributed by atoms with Crippen molar-refractivity contribution in [3.63, 3.8) is 0 Å². The standard InChI is InChI=1S/C23H25N3O5/c1-30-18-9-7-16(8-10-18)14-26-22(28)19(24-23(26)29)13-21(27)25-11-12-31-20(15-25)17-5-3-2-4-6-17/h2-10,19-20H,11-15H2,1H3,(H,24,29)/t19-,20+/m0/s1. The molecule has 2 aromatic carbocycles. The lowest BCUT2D eigenvalue weighted by molar-refractivity contribution is -0.141. The van der Waals surface area contributed by atoms with Crippen molar-refractivity contribution >= 4 is 17.8 Å². The van der Waals surface area contributed by atoms with Crippen molar-refractivity contribution in [1.29, 1.82) is 0 Å². The van der Waals surface area contributed by atoms with E-state index in [1.54, 1.807) is 36.3 Å². The number of hydrogen-bond acceptors (Lipinski definition) is 5. The lowest BCUT2D eigenvalue weighted by Crippen LogP contribution is -2.45. The number of rotatable bonds is 6. The number of urea groups is 1. The number of nitrogens with zero attached hydrogens (tertiary/aromatic N) is 2. The van der Waals surface area contributed by atoms with Gasteiger partial charge in [0.25, 0.3) is 5.91 Å². The Balaban J connectivity index is 1.36. The van der Waals surface area contributed by atoms with Gasteiger partial charge in [-0.15, -0.1) is 0 Å². The molecule has 2 fully saturated rings. The molecule has 0 bridgehead atoms. The van der Waals surface area contributed by atoms with Gasteiger partial charge in [0.2, 0.25) is 5.91 Å². The number of hydrogen-bond donors (Lipinski definition) is 1. The van der Waals surface area contributed by atoms with Crippen molar-refractivity contribution in [2.75, 3.05) is 26.8 Å². The summed E-state index contributed by atoms with van der Waals surface area (Å²) in [6.45, 7) is 1.46. The van der Waals surface area contributed by atoms with Gasteiger partial charge >= 0.3 is 6.03 Å². The van der Waals surface area contributed by atoms with Crippen LogP contribution in [0.5, 0.6) is 5.75 Å². The number of carbonyl (C=O) groups excluding carboxylic acids is 3. The minimum atomic E-state index is -0.851. The Kier molecular flexibility index (Phi) is 6.18. The molecule has 162 valence electrons. The van der Waals surface area contributed by atoms with Crippen molar-refractivity contribution in [3.8, 4) is 5.75 Å². The first-order valence-electron chi connectivity index (χ1n) is 10.2. The molecule has 1 N–H and O–H groups in total. The summed E-state index contributed by atoms with van der Waals surface area (Å²) >= 11 is 0. The van der Waals surface area contributed by atoms with Crippen LogP contribution in [0.3, 0.4) is 0 Å². The molecule has 0 unspecified atom stereocenters. The van der Waals surface area contributed by atoms with Crippen LogP contribution in [-0.4, -0.2) is 60.5 Å². The summed E-state index contributed by atoms with van der Waals surface area (Å²) in [5.74, 6) is 0.139. The first kappa shape index (κ1) is 20.9. The molecule has 8 heteroatoms. The van der Waals surface area contributed by atoms with Crippen molar-refractivity contribution in [1.82, 2.24) is 15.1 Å². The quantitative estimate of drug-likeness (QED) is 0.719. The van der Waals surface area contributed by atoms with Crippen LogP contribution in [-0.2, 0) is 20.9 Å². The number of amides is 4. The summed E-state index contributed by atoms with van der Waals surface area (Å²) in [7, 11) is 1.57. The van der Waals surface area contributed by atoms with Gasteiger partial charge in [-0.1, -0.05) is 42.5 Å². The average Bonchev–Trinajstić information content (AvgIpc) is 3.07. The second kappa shape index (κ2) is 9.18. The van der Waals surface area contributed by atoms with Crippen LogP contribution >= 0.6 is 0 Å². The van der Waals surface area contributed by atoms with Crippen LogP contribution in [0.4, 0.5) is 4.79 Å². The summed E-state index contributed by atoms with van der Waals surface area (Å²) in [6.07, 6.45) is -0.259. The van der Waals surface area contributed by atoms with Gasteiger partial charge in [0, 0.05) is 6.54 Å². The highest BCUT2D eigenvalue weighted by Crippen LogP contribution is 2.23. The number of ether oxygens (including phenoxy) is 2. The summed E-state index contributed by atoms with van der Waals surface area (Å²) in [4.78, 5) is 40.8. The highest BCUT2D eigenvalue weighted by atomic mass is 16.5. The molecule has 0 radical (unpaired) electrons. The normalized spacial score (nSPS) is 21.2. The number of morpholine rings is 1. The van der Waals surface area contributed by atoms with E-state index in [1.807, 2.05) is 30.3 Å². The molecule has 4 rings (SSSR count). The van der Waals surface area contributed by atoms with E-state index in [9.17, 15) is 14.4 Å². The monoisotopic (exact) mass is 423 g/mol. The molecular weight excluding hydrogens is 398 g/mol. The topological polar surface area (TPSA) is 88.2 Å². The van der Waals surface area contributed by atoms with Gasteiger partial charge in [0.15, 0.2) is 0 Å². The molecule has 0 saturated carbocycles. The van der Waals surface area contributed by atoms with E-state index >= 15 is 0 Å². The van der Waals surface area contributed by atoms with Gasteiger partial charge in [-0.3, -0.25) is 14.5 Å². The maximum Gasteiger partial charge on any atom is 0.325 e. The van der Waals surface area contributed by atoms with Gasteiger partial charge in [-0.2, -0.15) is 0 Å². The predicted molar refractivity (Wildman–Crippen MR) is 112 cm³/mol. The third kappa shape index (κ3) is 4.69. The van der Waals surface area contributed by atoms with Crippen LogP contribution in [0.25, 0.3) is 0 Å². The maximum absolute atomic E-state index is 12.9. The molecule has 2 aliphatic rings. The molecule has 2 heterocycles. The molecule has 8 nitrogen and oxygen atoms in total. The Bertz CT molecular complexity index is 947. The molecule has 0 spiro atoms. The van der Waals surface area contributed by atoms with Crippen LogP contribution in [0, 0.1) is 0 Å². The average molecular weight is 423 g/mol. The van der Waals surface area contributed by atoms with E-state index < -0.39 is 12.1 Å². The van der Waals surface area contributed by atoms with Gasteiger partial charge in [0.1, 0.15) is 17.9 Å². The fourth-order valence-electron chi connectivity index (χ4n) is 3.83. The van der Waals surface area contributed by atoms with Crippen LogP contribution in [0.1, 0.15) is 23.7 Å². The zero-order valence-corrected chi connectivity index (χ0v) is 17.3. The molecule has 0 aliphatic carbocycles. The summed E-state index contributed by atoms with van der Waals surface area (Å²) in [5.41, 5.74) is 1.81. The third-order valence-corrected chi connectivity index (χ3v) is 5.58. The summed E-state index contributed by atoms with van der Waals surface area (Å²) < 4.78 is 10.9. The number of methoxy groups -OCH3 is 1. The Morgan fingerprint density at radius 2 is 1.87 bits per heavy atom. The number of benzene rings is 2. The lowest BCUT2D eigenvalue weighted by Gasteiger charge is -2.33. The van der Waals surface area contributed by atoms with E-state index in [-0.39, 0.29) is 30.9 Å². The van der Waals surface area contributed by atoms with E-state index in [0.29, 0.717) is 25.4 Å². The molecule has 2 saturated heterocycles. The van der Waals surface area contributed by atoms with E-state index in [0.717, 1.165) is 16.0 Å². The second-order valence-electron chi connectivity index (χ2n) is 7.59. The Morgan fingerprint density at radius 1 is 1.13 bits per heavy atom. The zero-order chi connectivity index (χ0) is 21.8. The fourth-order valence-corrected chi connectivity index (χ4v) is 3.83. The number of imide groups is 1. The molecule has 31 heavy (non-hydrogen) atoms. The van der Waals surface area contributed by atoms with E-state index in [4.69, 9.17) is 9.47 Å². The minimum Gasteiger partial charge on any atom is -0.497 e. The molecule has 2 aromatic rings. The second-order valence-corrected chi connectivity index (χ2v) is 7.59. The Morgan fingerprint density at radius 3 is 2.58 bits per heavy atom. The van der Waals surface area contributed by atoms with Crippen molar-refractivity contribution < 1.29 is 23.9 Å². The molecular formula is C23H25N3O5. The third-order valence-electron chi connectivity index (χ3n) is 5.58. The Hall–Kier alpha value is -3.39. The van der Waals surface area contributed by atoms with E-state index in [2.05, 4.69) is 5.32 Å². The highest BCUT2D eigenvalue weighted by Gasteiger charge is 2.40. The smallest absolute Gasteiger partial charge is 0.325 e. The zero-order valence-electron chi connectivity index (χ0n) is 17.3. The maximum atomic E-state index is 12.9. The van der Waals surface area contributed by atoms with Crippen molar-refractivity contribution in [3.05, 3.63) is 65.7 Å². The molecule has 2 aliphatic heterocycles. The molecule has 2 atom stereocenters. The van der Waals surface area contributed by atoms with Crippen molar-refractivity contribution in [2.45, 2.75) is 25.1 Å². The van der Waals surface area contributed by atoms with Crippen LogP contribution in [0.15, 0.2) is 54.6 Å². The highest BCUT2D eigenvalue weighted by molar-refractivity contribution is 6.05. The summed E-state index contributed by atoms with van der Waals surface area (Å²) in [5, 5.41) is 2.64. The Labute approximate surface area is 180 Å². The predicted octanol–water partition coefficient (Wildman–Crippen LogP) is 2.11. The number of carbonyl (C=O) groups is 3. The number of nitrogens with one attached hydrogen (secondary N) is 1. The SMILES string of the molecule is COc1ccc(CN2C(=O)N[C@@H](CC(=O)N3CCO[C@@H](c4ccccc4)C3)C2=O)cc1. The minimum absolute atomic E-state index is 0.0643. The van der Waals surface area contributed by atoms with Crippen molar-refractivity contribution in [2.24, 2.45) is 0 Å². The van der Waals surface area contributed by atoms with Gasteiger partial charge in [-0.05, 0) is 23.3 Å². The first-order valence-corrected chi connectivity index (χ1v) is 10.2. The molecule has 0 aromatic heterocycles. The van der Waals surface area contributed by atoms with Crippen LogP contribution in [0.2, 0.25) is 0 Å². The lowest BCUT2D eigenvalue weighted by atomic mass is 10.1. The molecule has 4 amide bonds. The van der Waals surface area contributed by atoms with Gasteiger partial charge in [-0.25, -0.2) is 4.79 Å². The fraction of sp³-hybridized carbons (Fsp3) is 0.348. The van der Waals surface area contributed by atoms with E-state index in [1.165, 1.54) is 0 Å². The summed E-state index contributed by atoms with van der Waals surface area (Å²) in [6, 6.07) is 15.6. The van der Waals surface area contributed by atoms with Gasteiger partial charge < -0.3 is 19.7 Å².